The lowest BCUT2D eigenvalue weighted by Crippen LogP contribution is -2.63. The average Bonchev–Trinajstić information content (AvgIpc) is 3.25. The average molecular weight is 404 g/mol. The number of fused-ring (bicyclic) bond motifs is 5. The van der Waals surface area contributed by atoms with E-state index < -0.39 is 5.60 Å². The number of ketones is 1. The van der Waals surface area contributed by atoms with Crippen LogP contribution in [-0.4, -0.2) is 40.1 Å². The molecule has 4 aliphatic carbocycles. The number of rotatable bonds is 2. The Labute approximate surface area is 174 Å². The molecule has 0 aromatic carbocycles. The third-order valence-corrected chi connectivity index (χ3v) is 11.4. The summed E-state index contributed by atoms with van der Waals surface area (Å²) in [7, 11) is 0. The fraction of sp³-hybridized carbons (Fsp3) is 0.875. The first-order chi connectivity index (χ1) is 13.3. The Balaban J connectivity index is 1.40. The van der Waals surface area contributed by atoms with E-state index in [-0.39, 0.29) is 10.8 Å². The van der Waals surface area contributed by atoms with Crippen LogP contribution in [-0.2, 0) is 4.79 Å². The Kier molecular flexibility index (Phi) is 4.62. The van der Waals surface area contributed by atoms with Crippen LogP contribution in [0.3, 0.4) is 0 Å². The van der Waals surface area contributed by atoms with Crippen LogP contribution in [0.5, 0.6) is 0 Å². The summed E-state index contributed by atoms with van der Waals surface area (Å²) in [4.78, 5) is 12.7. The zero-order valence-corrected chi connectivity index (χ0v) is 18.5. The van der Waals surface area contributed by atoms with Crippen LogP contribution in [0.4, 0.5) is 0 Å². The van der Waals surface area contributed by atoms with Gasteiger partial charge in [-0.3, -0.25) is 4.79 Å². The van der Waals surface area contributed by atoms with E-state index in [2.05, 4.69) is 37.5 Å². The number of carbonyl (C=O) groups excluding carboxylic acids is 1. The van der Waals surface area contributed by atoms with Crippen LogP contribution in [0.1, 0.15) is 71.6 Å². The highest BCUT2D eigenvalue weighted by Gasteiger charge is 2.65. The highest BCUT2D eigenvalue weighted by molar-refractivity contribution is 8.00. The molecule has 5 rings (SSSR count). The third kappa shape index (κ3) is 2.66. The molecule has 0 radical (unpaired) electrons. The van der Waals surface area contributed by atoms with Gasteiger partial charge in [-0.1, -0.05) is 26.0 Å². The maximum Gasteiger partial charge on any atom is 0.139 e. The molecule has 5 aliphatic rings. The second-order valence-corrected chi connectivity index (χ2v) is 12.7. The quantitative estimate of drug-likeness (QED) is 0.673. The molecule has 28 heavy (non-hydrogen) atoms. The standard InChI is InChI=1S/C24H37NO2S/c1-15-12-24(27)13-16(28-17-8-11-25-14-17)6-10-23(24,3)19-7-9-22(2)18(21(15)19)4-5-20(22)26/h16-19,21,25,27H,1,4-14H2,2-3H3/t16?,17-,18+,19-,21+,22+,23-,24?/m1/s1. The van der Waals surface area contributed by atoms with Crippen molar-refractivity contribution in [2.45, 2.75) is 87.7 Å². The molecule has 1 heterocycles. The number of thioether (sulfide) groups is 1. The van der Waals surface area contributed by atoms with Gasteiger partial charge in [-0.05, 0) is 75.7 Å². The summed E-state index contributed by atoms with van der Waals surface area (Å²) in [5.41, 5.74) is 0.502. The maximum absolute atomic E-state index is 12.7. The zero-order chi connectivity index (χ0) is 19.7. The molecule has 8 atom stereocenters. The van der Waals surface area contributed by atoms with Gasteiger partial charge >= 0.3 is 0 Å². The molecule has 2 N–H and O–H groups in total. The van der Waals surface area contributed by atoms with Crippen molar-refractivity contribution >= 4 is 17.5 Å². The van der Waals surface area contributed by atoms with Crippen LogP contribution < -0.4 is 5.32 Å². The first kappa shape index (κ1) is 19.6. The SMILES string of the molecule is C=C1CC2(O)CC(S[C@@H]3CCNC3)CC[C@]2(C)[C@@H]2CC[C@]3(C)C(=O)CC[C@H]3[C@H]12. The van der Waals surface area contributed by atoms with Crippen molar-refractivity contribution in [2.24, 2.45) is 28.6 Å². The number of nitrogens with one attached hydrogen (secondary N) is 1. The van der Waals surface area contributed by atoms with E-state index >= 15 is 0 Å². The third-order valence-electron chi connectivity index (χ3n) is 9.80. The Bertz CT molecular complexity index is 688. The van der Waals surface area contributed by atoms with Gasteiger partial charge in [0.05, 0.1) is 5.60 Å². The molecule has 3 nitrogen and oxygen atoms in total. The van der Waals surface area contributed by atoms with Gasteiger partial charge in [0.2, 0.25) is 0 Å². The first-order valence-corrected chi connectivity index (χ1v) is 12.5. The largest absolute Gasteiger partial charge is 0.389 e. The lowest BCUT2D eigenvalue weighted by Gasteiger charge is -2.64. The lowest BCUT2D eigenvalue weighted by molar-refractivity contribution is -0.182. The van der Waals surface area contributed by atoms with E-state index in [9.17, 15) is 9.90 Å². The molecule has 2 unspecified atom stereocenters. The van der Waals surface area contributed by atoms with Crippen molar-refractivity contribution in [3.05, 3.63) is 12.2 Å². The Hall–Kier alpha value is -0.320. The summed E-state index contributed by atoms with van der Waals surface area (Å²) in [6.07, 6.45) is 9.21. The minimum atomic E-state index is -0.608. The summed E-state index contributed by atoms with van der Waals surface area (Å²) in [5.74, 6) is 1.89. The number of Topliss-reactive ketones (excluding diaryl/α,β-unsaturated/α-hetero) is 1. The van der Waals surface area contributed by atoms with Crippen molar-refractivity contribution in [3.8, 4) is 0 Å². The van der Waals surface area contributed by atoms with Gasteiger partial charge in [-0.2, -0.15) is 11.8 Å². The highest BCUT2D eigenvalue weighted by atomic mass is 32.2. The fourth-order valence-corrected chi connectivity index (χ4v) is 9.67. The van der Waals surface area contributed by atoms with E-state index in [4.69, 9.17) is 0 Å². The Morgan fingerprint density at radius 2 is 1.93 bits per heavy atom. The molecule has 1 aliphatic heterocycles. The van der Waals surface area contributed by atoms with Gasteiger partial charge in [0.15, 0.2) is 0 Å². The molecule has 5 fully saturated rings. The molecule has 0 aromatic heterocycles. The first-order valence-electron chi connectivity index (χ1n) is 11.6. The molecule has 4 saturated carbocycles. The van der Waals surface area contributed by atoms with Crippen LogP contribution in [0.25, 0.3) is 0 Å². The monoisotopic (exact) mass is 403 g/mol. The molecular weight excluding hydrogens is 366 g/mol. The Morgan fingerprint density at radius 1 is 1.11 bits per heavy atom. The summed E-state index contributed by atoms with van der Waals surface area (Å²) in [5, 5.41) is 16.8. The summed E-state index contributed by atoms with van der Waals surface area (Å²) in [6.45, 7) is 11.4. The topological polar surface area (TPSA) is 49.3 Å². The molecule has 156 valence electrons. The summed E-state index contributed by atoms with van der Waals surface area (Å²) >= 11 is 2.13. The summed E-state index contributed by atoms with van der Waals surface area (Å²) < 4.78 is 0. The fourth-order valence-electron chi connectivity index (χ4n) is 8.03. The van der Waals surface area contributed by atoms with Gasteiger partial charge in [-0.25, -0.2) is 0 Å². The van der Waals surface area contributed by atoms with Crippen LogP contribution in [0, 0.1) is 28.6 Å². The zero-order valence-electron chi connectivity index (χ0n) is 17.6. The van der Waals surface area contributed by atoms with Crippen LogP contribution >= 0.6 is 11.8 Å². The van der Waals surface area contributed by atoms with Gasteiger partial charge in [0, 0.05) is 34.3 Å². The number of aliphatic hydroxyl groups is 1. The van der Waals surface area contributed by atoms with Crippen LogP contribution in [0.15, 0.2) is 12.2 Å². The van der Waals surface area contributed by atoms with E-state index in [1.54, 1.807) is 0 Å². The van der Waals surface area contributed by atoms with Gasteiger partial charge < -0.3 is 10.4 Å². The van der Waals surface area contributed by atoms with Crippen molar-refractivity contribution in [1.29, 1.82) is 0 Å². The van der Waals surface area contributed by atoms with Gasteiger partial charge in [-0.15, -0.1) is 0 Å². The predicted molar refractivity (Wildman–Crippen MR) is 115 cm³/mol. The van der Waals surface area contributed by atoms with Gasteiger partial charge in [0.25, 0.3) is 0 Å². The second-order valence-electron chi connectivity index (χ2n) is 11.1. The summed E-state index contributed by atoms with van der Waals surface area (Å²) in [6, 6.07) is 0. The van der Waals surface area contributed by atoms with E-state index in [0.717, 1.165) is 63.3 Å². The van der Waals surface area contributed by atoms with Crippen molar-refractivity contribution in [3.63, 3.8) is 0 Å². The normalized spacial score (nSPS) is 53.6. The lowest BCUT2D eigenvalue weighted by atomic mass is 9.43. The number of hydrogen-bond acceptors (Lipinski definition) is 4. The maximum atomic E-state index is 12.7. The van der Waals surface area contributed by atoms with Crippen LogP contribution in [0.2, 0.25) is 0 Å². The second kappa shape index (κ2) is 6.59. The van der Waals surface area contributed by atoms with Crippen molar-refractivity contribution < 1.29 is 9.90 Å². The predicted octanol–water partition coefficient (Wildman–Crippen LogP) is 4.34. The molecule has 4 heteroatoms. The van der Waals surface area contributed by atoms with E-state index in [1.165, 1.54) is 18.4 Å². The molecule has 1 saturated heterocycles. The van der Waals surface area contributed by atoms with Gasteiger partial charge in [0.1, 0.15) is 5.78 Å². The molecule has 0 aromatic rings. The number of carbonyl (C=O) groups is 1. The smallest absolute Gasteiger partial charge is 0.139 e. The molecule has 0 bridgehead atoms. The van der Waals surface area contributed by atoms with E-state index in [0.29, 0.717) is 28.8 Å². The minimum Gasteiger partial charge on any atom is -0.389 e. The van der Waals surface area contributed by atoms with Crippen molar-refractivity contribution in [2.75, 3.05) is 13.1 Å². The highest BCUT2D eigenvalue weighted by Crippen LogP contribution is 2.68. The molecule has 0 spiro atoms. The van der Waals surface area contributed by atoms with E-state index in [1.807, 2.05) is 0 Å². The molecular formula is C24H37NO2S. The van der Waals surface area contributed by atoms with Crippen molar-refractivity contribution in [1.82, 2.24) is 5.32 Å². The minimum absolute atomic E-state index is 0.0171. The molecule has 0 amide bonds. The number of hydrogen-bond donors (Lipinski definition) is 2. The Morgan fingerprint density at radius 3 is 2.68 bits per heavy atom.